The second-order valence-corrected chi connectivity index (χ2v) is 7.13. The molecule has 8 heteroatoms. The molecule has 3 rings (SSSR count). The second-order valence-electron chi connectivity index (χ2n) is 7.13. The Hall–Kier alpha value is -3.00. The van der Waals surface area contributed by atoms with Gasteiger partial charge in [-0.2, -0.15) is 0 Å². The maximum Gasteiger partial charge on any atom is 0.269 e. The number of aromatic nitrogens is 1. The van der Waals surface area contributed by atoms with Crippen molar-refractivity contribution in [2.75, 3.05) is 25.6 Å². The summed E-state index contributed by atoms with van der Waals surface area (Å²) in [6.45, 7) is 0.871. The van der Waals surface area contributed by atoms with Gasteiger partial charge in [0.2, 0.25) is 11.8 Å². The van der Waals surface area contributed by atoms with Gasteiger partial charge in [-0.1, -0.05) is 31.4 Å². The lowest BCUT2D eigenvalue weighted by molar-refractivity contribution is -0.384. The minimum Gasteiger partial charge on any atom is -0.475 e. The van der Waals surface area contributed by atoms with Crippen LogP contribution in [0.1, 0.15) is 37.7 Å². The first-order chi connectivity index (χ1) is 14.0. The van der Waals surface area contributed by atoms with E-state index in [2.05, 4.69) is 10.3 Å². The molecule has 2 aromatic rings. The van der Waals surface area contributed by atoms with Crippen LogP contribution in [0, 0.1) is 10.1 Å². The van der Waals surface area contributed by atoms with Gasteiger partial charge < -0.3 is 14.8 Å². The molecule has 0 atom stereocenters. The average molecular weight is 399 g/mol. The molecule has 154 valence electrons. The number of nitrogens with one attached hydrogen (secondary N) is 1. The molecular formula is C21H25N3O5. The summed E-state index contributed by atoms with van der Waals surface area (Å²) in [5.74, 6) is 0.351. The lowest BCUT2D eigenvalue weighted by Gasteiger charge is -2.36. The molecule has 1 aliphatic rings. The number of non-ortho nitro benzene ring substituents is 1. The van der Waals surface area contributed by atoms with Crippen LogP contribution in [0.3, 0.4) is 0 Å². The van der Waals surface area contributed by atoms with Crippen LogP contribution in [-0.2, 0) is 14.9 Å². The summed E-state index contributed by atoms with van der Waals surface area (Å²) in [4.78, 5) is 28.0. The van der Waals surface area contributed by atoms with E-state index in [0.29, 0.717) is 37.6 Å². The molecule has 1 heterocycles. The number of methoxy groups -OCH3 is 1. The van der Waals surface area contributed by atoms with Gasteiger partial charge in [0.25, 0.3) is 5.69 Å². The van der Waals surface area contributed by atoms with Gasteiger partial charge in [-0.25, -0.2) is 4.98 Å². The molecule has 8 nitrogen and oxygen atoms in total. The number of carbonyl (C=O) groups is 1. The third kappa shape index (κ3) is 4.89. The minimum absolute atomic E-state index is 0.0216. The quantitative estimate of drug-likeness (QED) is 0.411. The zero-order valence-corrected chi connectivity index (χ0v) is 16.4. The minimum atomic E-state index is -0.693. The lowest BCUT2D eigenvalue weighted by Crippen LogP contribution is -2.42. The highest BCUT2D eigenvalue weighted by molar-refractivity contribution is 5.99. The van der Waals surface area contributed by atoms with E-state index in [9.17, 15) is 14.9 Å². The van der Waals surface area contributed by atoms with E-state index in [1.165, 1.54) is 12.1 Å². The van der Waals surface area contributed by atoms with Crippen molar-refractivity contribution in [2.45, 2.75) is 37.5 Å². The molecule has 0 spiro atoms. The van der Waals surface area contributed by atoms with E-state index >= 15 is 0 Å². The molecule has 0 radical (unpaired) electrons. The summed E-state index contributed by atoms with van der Waals surface area (Å²) < 4.78 is 10.4. The Kier molecular flexibility index (Phi) is 6.77. The van der Waals surface area contributed by atoms with Crippen molar-refractivity contribution in [1.82, 2.24) is 4.98 Å². The fourth-order valence-electron chi connectivity index (χ4n) is 3.72. The topological polar surface area (TPSA) is 104 Å². The Balaban J connectivity index is 1.76. The van der Waals surface area contributed by atoms with E-state index in [-0.39, 0.29) is 11.6 Å². The lowest BCUT2D eigenvalue weighted by atomic mass is 9.68. The average Bonchev–Trinajstić information content (AvgIpc) is 2.75. The normalized spacial score (nSPS) is 15.5. The predicted octanol–water partition coefficient (Wildman–Crippen LogP) is 3.86. The summed E-state index contributed by atoms with van der Waals surface area (Å²) in [5, 5.41) is 13.9. The number of rotatable bonds is 8. The van der Waals surface area contributed by atoms with E-state index in [1.807, 2.05) is 0 Å². The van der Waals surface area contributed by atoms with Gasteiger partial charge in [0.15, 0.2) is 0 Å². The summed E-state index contributed by atoms with van der Waals surface area (Å²) in [7, 11) is 1.60. The molecule has 1 aromatic heterocycles. The predicted molar refractivity (Wildman–Crippen MR) is 108 cm³/mol. The van der Waals surface area contributed by atoms with Crippen molar-refractivity contribution in [2.24, 2.45) is 0 Å². The van der Waals surface area contributed by atoms with Crippen LogP contribution >= 0.6 is 0 Å². The van der Waals surface area contributed by atoms with Crippen LogP contribution in [0.15, 0.2) is 42.6 Å². The number of hydrogen-bond acceptors (Lipinski definition) is 6. The fourth-order valence-corrected chi connectivity index (χ4v) is 3.72. The van der Waals surface area contributed by atoms with E-state index in [1.54, 1.807) is 37.6 Å². The van der Waals surface area contributed by atoms with Crippen molar-refractivity contribution >= 4 is 17.3 Å². The number of nitro groups is 1. The SMILES string of the molecule is COCCOc1ccc(NC(=O)C2(c3ccc([N+](=O)[O-])cc3)CCCCC2)cn1. The molecule has 29 heavy (non-hydrogen) atoms. The molecule has 1 fully saturated rings. The molecule has 0 saturated heterocycles. The molecule has 0 bridgehead atoms. The maximum atomic E-state index is 13.3. The molecule has 1 amide bonds. The Labute approximate surface area is 169 Å². The number of pyridine rings is 1. The van der Waals surface area contributed by atoms with Gasteiger partial charge in [-0.3, -0.25) is 14.9 Å². The van der Waals surface area contributed by atoms with Gasteiger partial charge in [0.1, 0.15) is 6.61 Å². The van der Waals surface area contributed by atoms with Crippen LogP contribution in [0.25, 0.3) is 0 Å². The number of anilines is 1. The van der Waals surface area contributed by atoms with Crippen LogP contribution in [0.4, 0.5) is 11.4 Å². The molecule has 1 N–H and O–H groups in total. The van der Waals surface area contributed by atoms with Gasteiger partial charge in [0.05, 0.1) is 28.8 Å². The van der Waals surface area contributed by atoms with Gasteiger partial charge >= 0.3 is 0 Å². The highest BCUT2D eigenvalue weighted by Crippen LogP contribution is 2.41. The highest BCUT2D eigenvalue weighted by Gasteiger charge is 2.41. The molecule has 0 aliphatic heterocycles. The summed E-state index contributed by atoms with van der Waals surface area (Å²) >= 11 is 0. The summed E-state index contributed by atoms with van der Waals surface area (Å²) in [5.41, 5.74) is 0.725. The summed E-state index contributed by atoms with van der Waals surface area (Å²) in [6, 6.07) is 9.78. The first-order valence-electron chi connectivity index (χ1n) is 9.69. The van der Waals surface area contributed by atoms with Crippen LogP contribution < -0.4 is 10.1 Å². The first-order valence-corrected chi connectivity index (χ1v) is 9.69. The molecule has 1 aliphatic carbocycles. The van der Waals surface area contributed by atoms with Crippen molar-refractivity contribution in [3.05, 3.63) is 58.3 Å². The van der Waals surface area contributed by atoms with Gasteiger partial charge in [-0.05, 0) is 24.5 Å². The standard InChI is InChI=1S/C21H25N3O5/c1-28-13-14-29-19-10-7-17(15-22-19)23-20(25)21(11-3-2-4-12-21)16-5-8-18(9-6-16)24(26)27/h5-10,15H,2-4,11-14H2,1H3,(H,23,25). The molecular weight excluding hydrogens is 374 g/mol. The number of hydrogen-bond donors (Lipinski definition) is 1. The molecule has 0 unspecified atom stereocenters. The van der Waals surface area contributed by atoms with Gasteiger partial charge in [0, 0.05) is 25.3 Å². The zero-order valence-electron chi connectivity index (χ0n) is 16.4. The third-order valence-corrected chi connectivity index (χ3v) is 5.30. The molecule has 1 saturated carbocycles. The number of nitro benzene ring substituents is 1. The molecule has 1 aromatic carbocycles. The maximum absolute atomic E-state index is 13.3. The Morgan fingerprint density at radius 3 is 2.45 bits per heavy atom. The van der Waals surface area contributed by atoms with Crippen molar-refractivity contribution < 1.29 is 19.2 Å². The fraction of sp³-hybridized carbons (Fsp3) is 0.429. The van der Waals surface area contributed by atoms with E-state index in [0.717, 1.165) is 24.8 Å². The number of carbonyl (C=O) groups excluding carboxylic acids is 1. The largest absolute Gasteiger partial charge is 0.475 e. The zero-order chi connectivity index (χ0) is 20.7. The van der Waals surface area contributed by atoms with Crippen LogP contribution in [0.2, 0.25) is 0 Å². The number of ether oxygens (including phenoxy) is 2. The Bertz CT molecular complexity index is 830. The Morgan fingerprint density at radius 1 is 1.14 bits per heavy atom. The van der Waals surface area contributed by atoms with Crippen molar-refractivity contribution in [1.29, 1.82) is 0 Å². The number of nitrogens with zero attached hydrogens (tertiary/aromatic N) is 2. The van der Waals surface area contributed by atoms with E-state index < -0.39 is 10.3 Å². The van der Waals surface area contributed by atoms with Crippen molar-refractivity contribution in [3.63, 3.8) is 0 Å². The monoisotopic (exact) mass is 399 g/mol. The number of amides is 1. The summed E-state index contributed by atoms with van der Waals surface area (Å²) in [6.07, 6.45) is 5.94. The van der Waals surface area contributed by atoms with Crippen LogP contribution in [-0.4, -0.2) is 36.1 Å². The van der Waals surface area contributed by atoms with Gasteiger partial charge in [-0.15, -0.1) is 0 Å². The highest BCUT2D eigenvalue weighted by atomic mass is 16.6. The first kappa shape index (κ1) is 20.7. The third-order valence-electron chi connectivity index (χ3n) is 5.30. The van der Waals surface area contributed by atoms with Crippen LogP contribution in [0.5, 0.6) is 5.88 Å². The second kappa shape index (κ2) is 9.47. The smallest absolute Gasteiger partial charge is 0.269 e. The van der Waals surface area contributed by atoms with Crippen molar-refractivity contribution in [3.8, 4) is 5.88 Å². The Morgan fingerprint density at radius 2 is 1.86 bits per heavy atom. The van der Waals surface area contributed by atoms with E-state index in [4.69, 9.17) is 9.47 Å². The number of benzene rings is 1.